The van der Waals surface area contributed by atoms with Crippen molar-refractivity contribution in [1.29, 1.82) is 0 Å². The summed E-state index contributed by atoms with van der Waals surface area (Å²) in [6.07, 6.45) is 0.371. The average molecular weight is 484 g/mol. The summed E-state index contributed by atoms with van der Waals surface area (Å²) in [4.78, 5) is 28.5. The smallest absolute Gasteiger partial charge is 0.266 e. The number of halogens is 3. The van der Waals surface area contributed by atoms with E-state index in [0.717, 1.165) is 6.07 Å². The van der Waals surface area contributed by atoms with Gasteiger partial charge in [-0.3, -0.25) is 9.20 Å². The molecule has 5 rings (SSSR count). The number of aryl methyl sites for hydroxylation is 1. The molecule has 3 aromatic heterocycles. The second-order valence-electron chi connectivity index (χ2n) is 8.36. The Morgan fingerprint density at radius 2 is 1.89 bits per heavy atom. The normalized spacial score (nSPS) is 15.2. The number of carbonyl (C=O) groups excluding carboxylic acids is 1. The molecule has 1 saturated heterocycles. The number of ether oxygens (including phenoxy) is 1. The maximum Gasteiger partial charge on any atom is 0.266 e. The lowest BCUT2D eigenvalue weighted by Crippen LogP contribution is -2.40. The van der Waals surface area contributed by atoms with Gasteiger partial charge in [-0.05, 0) is 19.9 Å². The number of pyridine rings is 1. The van der Waals surface area contributed by atoms with Crippen LogP contribution in [0, 0.1) is 12.7 Å². The quantitative estimate of drug-likeness (QED) is 0.455. The highest BCUT2D eigenvalue weighted by Gasteiger charge is 2.25. The van der Waals surface area contributed by atoms with E-state index in [9.17, 15) is 18.0 Å². The highest BCUT2D eigenvalue weighted by molar-refractivity contribution is 6.04. The number of carbonyl (C=O) groups is 1. The predicted octanol–water partition coefficient (Wildman–Crippen LogP) is 4.31. The number of fused-ring (bicyclic) bond motifs is 3. The number of morpholine rings is 1. The van der Waals surface area contributed by atoms with Crippen LogP contribution in [0.1, 0.15) is 46.7 Å². The molecule has 1 aliphatic rings. The minimum Gasteiger partial charge on any atom is -0.378 e. The van der Waals surface area contributed by atoms with E-state index in [0.29, 0.717) is 60.2 Å². The summed E-state index contributed by atoms with van der Waals surface area (Å²) in [7, 11) is 0. The molecule has 11 heteroatoms. The van der Waals surface area contributed by atoms with Gasteiger partial charge in [0.2, 0.25) is 0 Å². The second-order valence-corrected chi connectivity index (χ2v) is 8.36. The monoisotopic (exact) mass is 484 g/mol. The number of alkyl halides is 2. The molecule has 1 aliphatic heterocycles. The van der Waals surface area contributed by atoms with Crippen LogP contribution >= 0.6 is 0 Å². The molecule has 0 unspecified atom stereocenters. The first-order valence-electron chi connectivity index (χ1n) is 11.2. The van der Waals surface area contributed by atoms with E-state index < -0.39 is 23.8 Å². The Morgan fingerprint density at radius 3 is 2.63 bits per heavy atom. The summed E-state index contributed by atoms with van der Waals surface area (Å²) in [6.45, 7) is 5.22. The van der Waals surface area contributed by atoms with E-state index in [1.807, 2.05) is 0 Å². The second kappa shape index (κ2) is 9.14. The Morgan fingerprint density at radius 1 is 1.14 bits per heavy atom. The topological polar surface area (TPSA) is 84.7 Å². The zero-order valence-corrected chi connectivity index (χ0v) is 19.1. The number of nitrogens with zero attached hydrogens (tertiary/aromatic N) is 5. The van der Waals surface area contributed by atoms with Crippen LogP contribution in [-0.2, 0) is 4.74 Å². The summed E-state index contributed by atoms with van der Waals surface area (Å²) in [6, 6.07) is 4.91. The summed E-state index contributed by atoms with van der Waals surface area (Å²) in [5.41, 5.74) is 0.777. The lowest BCUT2D eigenvalue weighted by atomic mass is 10.0. The summed E-state index contributed by atoms with van der Waals surface area (Å²) in [5, 5.41) is 3.66. The molecule has 35 heavy (non-hydrogen) atoms. The third-order valence-corrected chi connectivity index (χ3v) is 6.08. The van der Waals surface area contributed by atoms with Crippen LogP contribution in [0.4, 0.5) is 19.0 Å². The molecule has 0 saturated carbocycles. The van der Waals surface area contributed by atoms with Crippen LogP contribution in [0.3, 0.4) is 0 Å². The van der Waals surface area contributed by atoms with Crippen LogP contribution in [0.2, 0.25) is 0 Å². The lowest BCUT2D eigenvalue weighted by Gasteiger charge is -2.27. The van der Waals surface area contributed by atoms with Gasteiger partial charge in [-0.15, -0.1) is 0 Å². The molecule has 1 aromatic carbocycles. The predicted molar refractivity (Wildman–Crippen MR) is 123 cm³/mol. The maximum absolute atomic E-state index is 14.8. The van der Waals surface area contributed by atoms with Gasteiger partial charge < -0.3 is 15.0 Å². The molecule has 1 fully saturated rings. The number of benzene rings is 1. The molecule has 4 aromatic rings. The van der Waals surface area contributed by atoms with Crippen molar-refractivity contribution >= 4 is 28.4 Å². The van der Waals surface area contributed by atoms with Gasteiger partial charge in [0.15, 0.2) is 11.3 Å². The highest BCUT2D eigenvalue weighted by atomic mass is 19.3. The van der Waals surface area contributed by atoms with Crippen molar-refractivity contribution in [2.75, 3.05) is 31.6 Å². The third-order valence-electron chi connectivity index (χ3n) is 6.08. The van der Waals surface area contributed by atoms with Crippen molar-refractivity contribution in [2.24, 2.45) is 0 Å². The van der Waals surface area contributed by atoms with Crippen molar-refractivity contribution in [1.82, 2.24) is 24.3 Å². The molecule has 0 bridgehead atoms. The van der Waals surface area contributed by atoms with Gasteiger partial charge in [-0.25, -0.2) is 28.1 Å². The fourth-order valence-corrected chi connectivity index (χ4v) is 4.32. The van der Waals surface area contributed by atoms with E-state index in [4.69, 9.17) is 4.74 Å². The number of amides is 1. The fraction of sp³-hybridized carbons (Fsp3) is 0.333. The summed E-state index contributed by atoms with van der Waals surface area (Å²) < 4.78 is 48.3. The SMILES string of the molecule is Cc1nc(N[C@H](C)c2cccc(C(F)F)c2F)c2cc(C(=O)N3CCOCC3)c3nccn3c2n1. The third kappa shape index (κ3) is 4.16. The Hall–Kier alpha value is -3.73. The molecule has 0 spiro atoms. The number of hydrogen-bond acceptors (Lipinski definition) is 6. The Labute approximate surface area is 198 Å². The van der Waals surface area contributed by atoms with Crippen molar-refractivity contribution in [2.45, 2.75) is 26.3 Å². The molecule has 1 amide bonds. The number of aromatic nitrogens is 4. The highest BCUT2D eigenvalue weighted by Crippen LogP contribution is 2.31. The minimum absolute atomic E-state index is 0.0838. The molecule has 0 radical (unpaired) electrons. The van der Waals surface area contributed by atoms with Crippen LogP contribution in [0.25, 0.3) is 16.7 Å². The van der Waals surface area contributed by atoms with Crippen LogP contribution < -0.4 is 5.32 Å². The summed E-state index contributed by atoms with van der Waals surface area (Å²) in [5.74, 6) is -0.357. The van der Waals surface area contributed by atoms with Gasteiger partial charge in [0.05, 0.1) is 35.8 Å². The number of anilines is 1. The van der Waals surface area contributed by atoms with Gasteiger partial charge in [-0.1, -0.05) is 18.2 Å². The zero-order chi connectivity index (χ0) is 24.7. The van der Waals surface area contributed by atoms with Gasteiger partial charge in [0.25, 0.3) is 12.3 Å². The van der Waals surface area contributed by atoms with Crippen LogP contribution in [0.5, 0.6) is 0 Å². The Bertz CT molecular complexity index is 1420. The fourth-order valence-electron chi connectivity index (χ4n) is 4.32. The standard InChI is InChI=1S/C24H23F3N6O2/c1-13(15-4-3-5-16(19(15)25)20(26)27)29-21-17-12-18(24(34)32-8-10-35-11-9-32)22-28-6-7-33(22)23(17)31-14(2)30-21/h3-7,12-13,20H,8-11H2,1-2H3,(H,29,30,31)/t13-/m1/s1. The van der Waals surface area contributed by atoms with E-state index in [1.54, 1.807) is 41.6 Å². The molecule has 4 heterocycles. The first kappa shape index (κ1) is 23.0. The Balaban J connectivity index is 1.61. The maximum atomic E-state index is 14.8. The van der Waals surface area contributed by atoms with Gasteiger partial charge in [0.1, 0.15) is 17.5 Å². The molecular weight excluding hydrogens is 461 g/mol. The number of imidazole rings is 1. The zero-order valence-electron chi connectivity index (χ0n) is 19.1. The van der Waals surface area contributed by atoms with E-state index in [2.05, 4.69) is 20.3 Å². The van der Waals surface area contributed by atoms with Gasteiger partial charge in [0, 0.05) is 31.0 Å². The molecule has 0 aliphatic carbocycles. The van der Waals surface area contributed by atoms with Crippen molar-refractivity contribution in [3.63, 3.8) is 0 Å². The largest absolute Gasteiger partial charge is 0.378 e. The van der Waals surface area contributed by atoms with Crippen LogP contribution in [0.15, 0.2) is 36.7 Å². The minimum atomic E-state index is -2.92. The van der Waals surface area contributed by atoms with Crippen LogP contribution in [-0.4, -0.2) is 56.5 Å². The van der Waals surface area contributed by atoms with E-state index >= 15 is 0 Å². The molecule has 1 atom stereocenters. The lowest BCUT2D eigenvalue weighted by molar-refractivity contribution is 0.0304. The van der Waals surface area contributed by atoms with Gasteiger partial charge >= 0.3 is 0 Å². The first-order valence-corrected chi connectivity index (χ1v) is 11.2. The molecular formula is C24H23F3N6O2. The number of hydrogen-bond donors (Lipinski definition) is 1. The molecule has 1 N–H and O–H groups in total. The summed E-state index contributed by atoms with van der Waals surface area (Å²) >= 11 is 0. The average Bonchev–Trinajstić information content (AvgIpc) is 3.34. The van der Waals surface area contributed by atoms with Crippen molar-refractivity contribution < 1.29 is 22.7 Å². The number of nitrogens with one attached hydrogen (secondary N) is 1. The van der Waals surface area contributed by atoms with Crippen molar-refractivity contribution in [3.8, 4) is 0 Å². The van der Waals surface area contributed by atoms with E-state index in [-0.39, 0.29) is 11.5 Å². The number of rotatable bonds is 5. The molecule has 8 nitrogen and oxygen atoms in total. The Kier molecular flexibility index (Phi) is 6.01. The molecule has 182 valence electrons. The van der Waals surface area contributed by atoms with E-state index in [1.165, 1.54) is 12.1 Å². The van der Waals surface area contributed by atoms with Gasteiger partial charge in [-0.2, -0.15) is 0 Å². The first-order chi connectivity index (χ1) is 16.8. The van der Waals surface area contributed by atoms with Crippen molar-refractivity contribution in [3.05, 3.63) is 65.0 Å².